The molecule has 6 nitrogen and oxygen atoms in total. The van der Waals surface area contributed by atoms with E-state index in [9.17, 15) is 0 Å². The van der Waals surface area contributed by atoms with Crippen molar-refractivity contribution in [2.45, 2.75) is 45.3 Å². The smallest absolute Gasteiger partial charge is 0.0644 e. The van der Waals surface area contributed by atoms with E-state index in [-0.39, 0.29) is 6.61 Å². The monoisotopic (exact) mass is 289 g/mol. The number of rotatable bonds is 5. The summed E-state index contributed by atoms with van der Waals surface area (Å²) in [5, 5.41) is 21.4. The van der Waals surface area contributed by atoms with Crippen molar-refractivity contribution in [1.29, 1.82) is 0 Å². The molecular weight excluding hydrogens is 266 g/mol. The largest absolute Gasteiger partial charge is 0.394 e. The molecule has 0 radical (unpaired) electrons. The van der Waals surface area contributed by atoms with Crippen LogP contribution < -0.4 is 5.32 Å². The Bertz CT molecular complexity index is 616. The third-order valence-corrected chi connectivity index (χ3v) is 4.45. The lowest BCUT2D eigenvalue weighted by atomic mass is 9.93. The number of hydrogen-bond acceptors (Lipinski definition) is 4. The SMILES string of the molecule is Cc1c(CNC2CCCc3c2cnn3CCO)cnn1C. The van der Waals surface area contributed by atoms with Crippen LogP contribution in [0.1, 0.15) is 41.4 Å². The molecule has 0 saturated carbocycles. The van der Waals surface area contributed by atoms with Crippen molar-refractivity contribution in [1.82, 2.24) is 24.9 Å². The summed E-state index contributed by atoms with van der Waals surface area (Å²) in [6, 6.07) is 0.348. The van der Waals surface area contributed by atoms with Gasteiger partial charge in [0.2, 0.25) is 0 Å². The van der Waals surface area contributed by atoms with E-state index < -0.39 is 0 Å². The molecule has 0 bridgehead atoms. The average Bonchev–Trinajstić information content (AvgIpc) is 3.04. The number of aliphatic hydroxyl groups excluding tert-OH is 1. The number of aryl methyl sites for hydroxylation is 1. The summed E-state index contributed by atoms with van der Waals surface area (Å²) in [7, 11) is 1.97. The quantitative estimate of drug-likeness (QED) is 0.864. The van der Waals surface area contributed by atoms with Crippen LogP contribution in [0.5, 0.6) is 0 Å². The van der Waals surface area contributed by atoms with Gasteiger partial charge in [0.1, 0.15) is 0 Å². The molecule has 1 unspecified atom stereocenters. The maximum absolute atomic E-state index is 9.10. The Balaban J connectivity index is 1.72. The van der Waals surface area contributed by atoms with Crippen molar-refractivity contribution in [3.8, 4) is 0 Å². The molecule has 0 aromatic carbocycles. The highest BCUT2D eigenvalue weighted by molar-refractivity contribution is 5.25. The summed E-state index contributed by atoms with van der Waals surface area (Å²) in [6.07, 6.45) is 7.24. The van der Waals surface area contributed by atoms with E-state index in [2.05, 4.69) is 22.4 Å². The molecule has 2 aromatic rings. The molecule has 0 amide bonds. The topological polar surface area (TPSA) is 67.9 Å². The fourth-order valence-corrected chi connectivity index (χ4v) is 3.07. The first-order valence-electron chi connectivity index (χ1n) is 7.57. The molecule has 0 aliphatic heterocycles. The van der Waals surface area contributed by atoms with Gasteiger partial charge in [-0.3, -0.25) is 9.36 Å². The van der Waals surface area contributed by atoms with Crippen molar-refractivity contribution in [2.24, 2.45) is 7.05 Å². The van der Waals surface area contributed by atoms with Crippen molar-refractivity contribution >= 4 is 0 Å². The van der Waals surface area contributed by atoms with Crippen molar-refractivity contribution < 1.29 is 5.11 Å². The van der Waals surface area contributed by atoms with Gasteiger partial charge in [0.25, 0.3) is 0 Å². The number of nitrogens with one attached hydrogen (secondary N) is 1. The molecule has 114 valence electrons. The molecule has 2 heterocycles. The highest BCUT2D eigenvalue weighted by atomic mass is 16.3. The van der Waals surface area contributed by atoms with Gasteiger partial charge < -0.3 is 10.4 Å². The van der Waals surface area contributed by atoms with Crippen LogP contribution in [0.2, 0.25) is 0 Å². The van der Waals surface area contributed by atoms with Gasteiger partial charge in [-0.2, -0.15) is 10.2 Å². The summed E-state index contributed by atoms with van der Waals surface area (Å²) in [5.74, 6) is 0. The molecule has 0 fully saturated rings. The van der Waals surface area contributed by atoms with Crippen LogP contribution in [0.3, 0.4) is 0 Å². The van der Waals surface area contributed by atoms with E-state index in [1.54, 1.807) is 0 Å². The minimum Gasteiger partial charge on any atom is -0.394 e. The molecule has 1 aliphatic rings. The van der Waals surface area contributed by atoms with E-state index in [0.29, 0.717) is 12.6 Å². The molecule has 21 heavy (non-hydrogen) atoms. The molecule has 2 N–H and O–H groups in total. The van der Waals surface area contributed by atoms with Crippen molar-refractivity contribution in [2.75, 3.05) is 6.61 Å². The minimum absolute atomic E-state index is 0.140. The second-order valence-electron chi connectivity index (χ2n) is 5.70. The van der Waals surface area contributed by atoms with Crippen LogP contribution >= 0.6 is 0 Å². The molecule has 1 aliphatic carbocycles. The maximum atomic E-state index is 9.10. The Labute approximate surface area is 124 Å². The van der Waals surface area contributed by atoms with Crippen LogP contribution in [0.4, 0.5) is 0 Å². The molecule has 0 saturated heterocycles. The summed E-state index contributed by atoms with van der Waals surface area (Å²) < 4.78 is 3.85. The molecule has 6 heteroatoms. The van der Waals surface area contributed by atoms with E-state index >= 15 is 0 Å². The highest BCUT2D eigenvalue weighted by Crippen LogP contribution is 2.29. The number of nitrogens with zero attached hydrogens (tertiary/aromatic N) is 4. The van der Waals surface area contributed by atoms with Crippen molar-refractivity contribution in [3.05, 3.63) is 34.9 Å². The second-order valence-corrected chi connectivity index (χ2v) is 5.70. The minimum atomic E-state index is 0.140. The van der Waals surface area contributed by atoms with Gasteiger partial charge in [-0.15, -0.1) is 0 Å². The molecule has 2 aromatic heterocycles. The fraction of sp³-hybridized carbons (Fsp3) is 0.600. The van der Waals surface area contributed by atoms with Gasteiger partial charge in [-0.25, -0.2) is 0 Å². The summed E-state index contributed by atoms with van der Waals surface area (Å²) >= 11 is 0. The Morgan fingerprint density at radius 1 is 1.38 bits per heavy atom. The molecule has 3 rings (SSSR count). The average molecular weight is 289 g/mol. The molecule has 0 spiro atoms. The van der Waals surface area contributed by atoms with Gasteiger partial charge in [0.15, 0.2) is 0 Å². The second kappa shape index (κ2) is 5.99. The highest BCUT2D eigenvalue weighted by Gasteiger charge is 2.24. The third kappa shape index (κ3) is 2.73. The van der Waals surface area contributed by atoms with E-state index in [0.717, 1.165) is 25.8 Å². The maximum Gasteiger partial charge on any atom is 0.0644 e. The van der Waals surface area contributed by atoms with Crippen LogP contribution in [0, 0.1) is 6.92 Å². The Morgan fingerprint density at radius 3 is 2.95 bits per heavy atom. The predicted octanol–water partition coefficient (Wildman–Crippen LogP) is 1.08. The normalized spacial score (nSPS) is 18.0. The van der Waals surface area contributed by atoms with Gasteiger partial charge in [-0.1, -0.05) is 0 Å². The van der Waals surface area contributed by atoms with Crippen LogP contribution in [0.15, 0.2) is 12.4 Å². The fourth-order valence-electron chi connectivity index (χ4n) is 3.07. The zero-order valence-corrected chi connectivity index (χ0v) is 12.7. The predicted molar refractivity (Wildman–Crippen MR) is 79.8 cm³/mol. The number of hydrogen-bond donors (Lipinski definition) is 2. The first-order valence-corrected chi connectivity index (χ1v) is 7.57. The van der Waals surface area contributed by atoms with E-state index in [1.807, 2.05) is 28.8 Å². The van der Waals surface area contributed by atoms with Crippen LogP contribution in [0.25, 0.3) is 0 Å². The van der Waals surface area contributed by atoms with Crippen molar-refractivity contribution in [3.63, 3.8) is 0 Å². The number of fused-ring (bicyclic) bond motifs is 1. The van der Waals surface area contributed by atoms with Crippen LogP contribution in [-0.4, -0.2) is 31.3 Å². The summed E-state index contributed by atoms with van der Waals surface area (Å²) in [4.78, 5) is 0. The number of aromatic nitrogens is 4. The first-order chi connectivity index (χ1) is 10.2. The lowest BCUT2D eigenvalue weighted by Gasteiger charge is -2.24. The summed E-state index contributed by atoms with van der Waals surface area (Å²) in [6.45, 7) is 3.65. The Kier molecular flexibility index (Phi) is 4.07. The van der Waals surface area contributed by atoms with Gasteiger partial charge in [0.05, 0.1) is 25.5 Å². The van der Waals surface area contributed by atoms with Gasteiger partial charge in [-0.05, 0) is 26.2 Å². The standard InChI is InChI=1S/C15H23N5O/c1-11-12(9-17-19(11)2)8-16-14-4-3-5-15-13(14)10-18-20(15)6-7-21/h9-10,14,16,21H,3-8H2,1-2H3. The number of aliphatic hydroxyl groups is 1. The third-order valence-electron chi connectivity index (χ3n) is 4.45. The van der Waals surface area contributed by atoms with E-state index in [1.165, 1.54) is 22.5 Å². The lowest BCUT2D eigenvalue weighted by Crippen LogP contribution is -2.25. The van der Waals surface area contributed by atoms with Crippen LogP contribution in [-0.2, 0) is 26.6 Å². The Hall–Kier alpha value is -1.66. The van der Waals surface area contributed by atoms with Gasteiger partial charge >= 0.3 is 0 Å². The molecular formula is C15H23N5O. The van der Waals surface area contributed by atoms with E-state index in [4.69, 9.17) is 5.11 Å². The summed E-state index contributed by atoms with van der Waals surface area (Å²) in [5.41, 5.74) is 5.01. The molecule has 1 atom stereocenters. The Morgan fingerprint density at radius 2 is 2.24 bits per heavy atom. The first kappa shape index (κ1) is 14.3. The zero-order chi connectivity index (χ0) is 14.8. The zero-order valence-electron chi connectivity index (χ0n) is 12.7. The lowest BCUT2D eigenvalue weighted by molar-refractivity contribution is 0.266. The van der Waals surface area contributed by atoms with Gasteiger partial charge in [0, 0.05) is 42.1 Å².